The number of benzene rings is 1. The maximum Gasteiger partial charge on any atom is 0.102 e. The van der Waals surface area contributed by atoms with E-state index in [1.807, 2.05) is 0 Å². The van der Waals surface area contributed by atoms with Gasteiger partial charge in [-0.05, 0) is 31.2 Å². The fourth-order valence-corrected chi connectivity index (χ4v) is 6.09. The molecule has 0 aromatic heterocycles. The van der Waals surface area contributed by atoms with Crippen LogP contribution < -0.4 is 5.19 Å². The van der Waals surface area contributed by atoms with Crippen molar-refractivity contribution in [3.05, 3.63) is 29.8 Å². The molecule has 17 heavy (non-hydrogen) atoms. The van der Waals surface area contributed by atoms with Gasteiger partial charge >= 0.3 is 0 Å². The van der Waals surface area contributed by atoms with Crippen LogP contribution in [-0.4, -0.2) is 23.6 Å². The van der Waals surface area contributed by atoms with Gasteiger partial charge in [-0.1, -0.05) is 35.9 Å². The first-order valence-electron chi connectivity index (χ1n) is 6.39. The Labute approximate surface area is 121 Å². The van der Waals surface area contributed by atoms with Gasteiger partial charge in [0, 0.05) is 48.6 Å². The zero-order valence-electron chi connectivity index (χ0n) is 10.9. The summed E-state index contributed by atoms with van der Waals surface area (Å²) in [5.74, 6) is 0. The van der Waals surface area contributed by atoms with Crippen molar-refractivity contribution < 1.29 is 17.1 Å². The molecule has 2 radical (unpaired) electrons. The normalized spacial score (nSPS) is 18.8. The Kier molecular flexibility index (Phi) is 5.93. The van der Waals surface area contributed by atoms with Crippen molar-refractivity contribution in [1.29, 1.82) is 0 Å². The van der Waals surface area contributed by atoms with E-state index >= 15 is 0 Å². The molecule has 0 atom stereocenters. The molecule has 1 aromatic rings. The van der Waals surface area contributed by atoms with Crippen molar-refractivity contribution in [3.63, 3.8) is 0 Å². The van der Waals surface area contributed by atoms with Gasteiger partial charge in [0.15, 0.2) is 0 Å². The predicted molar refractivity (Wildman–Crippen MR) is 79.5 cm³/mol. The first-order valence-corrected chi connectivity index (χ1v) is 9.60. The first kappa shape index (κ1) is 15.4. The van der Waals surface area contributed by atoms with Crippen molar-refractivity contribution >= 4 is 23.4 Å². The van der Waals surface area contributed by atoms with Gasteiger partial charge < -0.3 is 0 Å². The van der Waals surface area contributed by atoms with Crippen LogP contribution in [0, 0.1) is 0 Å². The van der Waals surface area contributed by atoms with Crippen molar-refractivity contribution in [1.82, 2.24) is 0 Å². The monoisotopic (exact) mass is 313 g/mol. The smallest absolute Gasteiger partial charge is 0.0635 e. The molecule has 1 saturated carbocycles. The summed E-state index contributed by atoms with van der Waals surface area (Å²) in [6.45, 7) is 5.01. The molecule has 3 heteroatoms. The van der Waals surface area contributed by atoms with Crippen molar-refractivity contribution in [2.75, 3.05) is 13.3 Å². The molecule has 1 aromatic carbocycles. The molecule has 0 heterocycles. The van der Waals surface area contributed by atoms with Crippen LogP contribution in [0.1, 0.15) is 37.7 Å². The first-order chi connectivity index (χ1) is 7.67. The summed E-state index contributed by atoms with van der Waals surface area (Å²) in [7, 11) is 1.81. The third-order valence-corrected chi connectivity index (χ3v) is 7.50. The standard InChI is InChI=1S/C14H22PSi.Cu/c1-15(2)14(10-6-3-7-11-14)12-8-4-5-9-13(12)16;/h4-5,8-9H,3,6-7,10-11,16H2,1-2H3;/p+1. The molecule has 2 rings (SSSR count). The van der Waals surface area contributed by atoms with Crippen LogP contribution in [-0.2, 0) is 22.2 Å². The molecule has 1 aliphatic carbocycles. The molecule has 1 fully saturated rings. The van der Waals surface area contributed by atoms with Crippen LogP contribution in [0.5, 0.6) is 0 Å². The fraction of sp³-hybridized carbons (Fsp3) is 0.571. The maximum atomic E-state index is 2.51. The van der Waals surface area contributed by atoms with Crippen LogP contribution in [0.2, 0.25) is 0 Å². The van der Waals surface area contributed by atoms with Crippen LogP contribution >= 0.6 is 7.92 Å². The predicted octanol–water partition coefficient (Wildman–Crippen LogP) is 2.58. The average Bonchev–Trinajstić information content (AvgIpc) is 2.30. The molecule has 0 spiro atoms. The van der Waals surface area contributed by atoms with Crippen LogP contribution in [0.25, 0.3) is 0 Å². The minimum atomic E-state index is -0.264. The Morgan fingerprint density at radius 2 is 1.65 bits per heavy atom. The van der Waals surface area contributed by atoms with Crippen LogP contribution in [0.3, 0.4) is 0 Å². The van der Waals surface area contributed by atoms with Gasteiger partial charge in [-0.15, -0.1) is 0 Å². The second-order valence-corrected chi connectivity index (χ2v) is 9.02. The Morgan fingerprint density at radius 3 is 2.18 bits per heavy atom. The molecular formula is C14H23CuPSi+. The molecular weight excluding hydrogens is 291 g/mol. The van der Waals surface area contributed by atoms with Crippen LogP contribution in [0.4, 0.5) is 0 Å². The van der Waals surface area contributed by atoms with Gasteiger partial charge in [-0.3, -0.25) is 0 Å². The average molecular weight is 314 g/mol. The third-order valence-electron chi connectivity index (χ3n) is 4.20. The van der Waals surface area contributed by atoms with Crippen molar-refractivity contribution in [3.8, 4) is 0 Å². The SMILES string of the molecule is C[PH+](C)C1(c2ccccc2[SiH2])CCCCC1.[Cu]. The topological polar surface area (TPSA) is 0 Å². The van der Waals surface area contributed by atoms with E-state index in [0.29, 0.717) is 5.16 Å². The van der Waals surface area contributed by atoms with E-state index in [-0.39, 0.29) is 25.0 Å². The summed E-state index contributed by atoms with van der Waals surface area (Å²) < 4.78 is 0. The summed E-state index contributed by atoms with van der Waals surface area (Å²) in [4.78, 5) is 0. The summed E-state index contributed by atoms with van der Waals surface area (Å²) in [5.41, 5.74) is 1.67. The molecule has 98 valence electrons. The van der Waals surface area contributed by atoms with Gasteiger partial charge in [0.25, 0.3) is 0 Å². The molecule has 0 unspecified atom stereocenters. The quantitative estimate of drug-likeness (QED) is 0.581. The van der Waals surface area contributed by atoms with E-state index in [1.54, 1.807) is 5.56 Å². The third kappa shape index (κ3) is 3.04. The summed E-state index contributed by atoms with van der Waals surface area (Å²) in [5, 5.41) is 2.11. The molecule has 0 N–H and O–H groups in total. The Hall–Kier alpha value is 0.386. The van der Waals surface area contributed by atoms with E-state index in [0.717, 1.165) is 0 Å². The Balaban J connectivity index is 0.00000144. The molecule has 1 aliphatic rings. The molecule has 0 aliphatic heterocycles. The minimum Gasteiger partial charge on any atom is -0.0635 e. The maximum absolute atomic E-state index is 2.51. The van der Waals surface area contributed by atoms with Crippen LogP contribution in [0.15, 0.2) is 24.3 Å². The van der Waals surface area contributed by atoms with Gasteiger partial charge in [-0.25, -0.2) is 0 Å². The summed E-state index contributed by atoms with van der Waals surface area (Å²) in [6, 6.07) is 9.11. The van der Waals surface area contributed by atoms with Crippen molar-refractivity contribution in [2.24, 2.45) is 0 Å². The minimum absolute atomic E-state index is 0. The summed E-state index contributed by atoms with van der Waals surface area (Å²) in [6.07, 6.45) is 7.19. The number of hydrogen-bond donors (Lipinski definition) is 0. The Bertz CT molecular complexity index is 359. The zero-order valence-corrected chi connectivity index (χ0v) is 14.2. The van der Waals surface area contributed by atoms with Crippen molar-refractivity contribution in [2.45, 2.75) is 37.3 Å². The zero-order chi connectivity index (χ0) is 11.6. The van der Waals surface area contributed by atoms with E-state index < -0.39 is 0 Å². The largest absolute Gasteiger partial charge is 0.102 e. The number of hydrogen-bond acceptors (Lipinski definition) is 0. The van der Waals surface area contributed by atoms with Gasteiger partial charge in [-0.2, -0.15) is 0 Å². The fourth-order valence-electron chi connectivity index (χ4n) is 3.18. The second-order valence-electron chi connectivity index (χ2n) is 5.30. The molecule has 0 saturated heterocycles. The summed E-state index contributed by atoms with van der Waals surface area (Å²) >= 11 is 0. The van der Waals surface area contributed by atoms with Gasteiger partial charge in [0.2, 0.25) is 0 Å². The molecule has 0 nitrogen and oxygen atoms in total. The van der Waals surface area contributed by atoms with E-state index in [9.17, 15) is 0 Å². The molecule has 0 amide bonds. The van der Waals surface area contributed by atoms with E-state index in [4.69, 9.17) is 0 Å². The van der Waals surface area contributed by atoms with Gasteiger partial charge in [0.1, 0.15) is 5.16 Å². The second kappa shape index (κ2) is 6.52. The van der Waals surface area contributed by atoms with E-state index in [1.165, 1.54) is 37.3 Å². The molecule has 0 bridgehead atoms. The van der Waals surface area contributed by atoms with Gasteiger partial charge in [0.05, 0.1) is 0 Å². The Morgan fingerprint density at radius 1 is 1.06 bits per heavy atom. The van der Waals surface area contributed by atoms with E-state index in [2.05, 4.69) is 47.8 Å². The number of rotatable bonds is 2.